The minimum atomic E-state index is -0.388. The Hall–Kier alpha value is -1.64. The van der Waals surface area contributed by atoms with Gasteiger partial charge in [-0.1, -0.05) is 66.7 Å². The highest BCUT2D eigenvalue weighted by atomic mass is 16.3. The van der Waals surface area contributed by atoms with Crippen LogP contribution in [0, 0.1) is 0 Å². The van der Waals surface area contributed by atoms with Crippen molar-refractivity contribution in [1.29, 1.82) is 0 Å². The highest BCUT2D eigenvalue weighted by molar-refractivity contribution is 5.17. The number of rotatable bonds is 3. The molecule has 0 radical (unpaired) electrons. The predicted octanol–water partition coefficient (Wildman–Crippen LogP) is 2.63. The fraction of sp³-hybridized carbons (Fsp3) is 0.200. The van der Waals surface area contributed by atoms with Gasteiger partial charge in [-0.05, 0) is 12.6 Å². The summed E-state index contributed by atoms with van der Waals surface area (Å²) in [6.45, 7) is 0.601. The fourth-order valence-electron chi connectivity index (χ4n) is 1.37. The van der Waals surface area contributed by atoms with E-state index in [2.05, 4.69) is 5.32 Å². The van der Waals surface area contributed by atoms with Crippen LogP contribution in [0.3, 0.4) is 0 Å². The van der Waals surface area contributed by atoms with Gasteiger partial charge in [-0.25, -0.2) is 0 Å². The third-order valence-corrected chi connectivity index (χ3v) is 2.25. The van der Waals surface area contributed by atoms with Crippen molar-refractivity contribution in [3.05, 3.63) is 72.3 Å². The second kappa shape index (κ2) is 8.50. The van der Waals surface area contributed by atoms with Crippen molar-refractivity contribution in [2.24, 2.45) is 0 Å². The van der Waals surface area contributed by atoms with Gasteiger partial charge in [0.1, 0.15) is 0 Å². The van der Waals surface area contributed by atoms with Gasteiger partial charge < -0.3 is 10.4 Å². The Balaban J connectivity index is 0.000000202. The van der Waals surface area contributed by atoms with E-state index in [9.17, 15) is 5.11 Å². The summed E-state index contributed by atoms with van der Waals surface area (Å²) >= 11 is 0. The zero-order valence-corrected chi connectivity index (χ0v) is 10.1. The molecule has 0 saturated carbocycles. The first-order chi connectivity index (χ1) is 8.34. The van der Waals surface area contributed by atoms with Gasteiger partial charge >= 0.3 is 0 Å². The van der Waals surface area contributed by atoms with Gasteiger partial charge in [0.25, 0.3) is 0 Å². The molecule has 2 aromatic rings. The van der Waals surface area contributed by atoms with E-state index in [1.807, 2.05) is 73.8 Å². The van der Waals surface area contributed by atoms with Gasteiger partial charge in [-0.3, -0.25) is 0 Å². The molecular weight excluding hydrogens is 210 g/mol. The largest absolute Gasteiger partial charge is 0.387 e. The first-order valence-electron chi connectivity index (χ1n) is 5.72. The molecule has 1 atom stereocenters. The SMILES string of the molecule is CNCC(O)c1ccccc1.c1ccccc1. The van der Waals surface area contributed by atoms with Crippen molar-refractivity contribution < 1.29 is 5.11 Å². The molecule has 2 heteroatoms. The lowest BCUT2D eigenvalue weighted by atomic mass is 10.1. The molecule has 0 spiro atoms. The van der Waals surface area contributed by atoms with E-state index in [1.165, 1.54) is 0 Å². The number of hydrogen-bond acceptors (Lipinski definition) is 2. The third-order valence-electron chi connectivity index (χ3n) is 2.25. The van der Waals surface area contributed by atoms with Crippen LogP contribution in [-0.2, 0) is 0 Å². The molecule has 2 aromatic carbocycles. The molecule has 90 valence electrons. The molecule has 0 aliphatic rings. The van der Waals surface area contributed by atoms with Crippen LogP contribution in [0.1, 0.15) is 11.7 Å². The lowest BCUT2D eigenvalue weighted by Gasteiger charge is -2.08. The van der Waals surface area contributed by atoms with Gasteiger partial charge in [-0.2, -0.15) is 0 Å². The van der Waals surface area contributed by atoms with Crippen molar-refractivity contribution in [3.63, 3.8) is 0 Å². The van der Waals surface area contributed by atoms with Gasteiger partial charge in [0.2, 0.25) is 0 Å². The molecule has 2 N–H and O–H groups in total. The monoisotopic (exact) mass is 229 g/mol. The van der Waals surface area contributed by atoms with E-state index in [-0.39, 0.29) is 6.10 Å². The van der Waals surface area contributed by atoms with Crippen molar-refractivity contribution in [3.8, 4) is 0 Å². The molecule has 0 saturated heterocycles. The zero-order valence-electron chi connectivity index (χ0n) is 10.1. The average molecular weight is 229 g/mol. The van der Waals surface area contributed by atoms with Gasteiger partial charge in [-0.15, -0.1) is 0 Å². The Morgan fingerprint density at radius 3 is 1.71 bits per heavy atom. The normalized spacial score (nSPS) is 11.2. The van der Waals surface area contributed by atoms with Crippen LogP contribution >= 0.6 is 0 Å². The maximum atomic E-state index is 9.46. The molecule has 2 rings (SSSR count). The quantitative estimate of drug-likeness (QED) is 0.848. The minimum Gasteiger partial charge on any atom is -0.387 e. The zero-order chi connectivity index (χ0) is 12.3. The van der Waals surface area contributed by atoms with Crippen molar-refractivity contribution in [2.45, 2.75) is 6.10 Å². The van der Waals surface area contributed by atoms with Crippen LogP contribution in [0.5, 0.6) is 0 Å². The molecule has 0 fully saturated rings. The summed E-state index contributed by atoms with van der Waals surface area (Å²) in [6.07, 6.45) is -0.388. The number of hydrogen-bond donors (Lipinski definition) is 2. The van der Waals surface area contributed by atoms with E-state index in [0.717, 1.165) is 5.56 Å². The van der Waals surface area contributed by atoms with E-state index in [0.29, 0.717) is 6.54 Å². The number of aliphatic hydroxyl groups excluding tert-OH is 1. The lowest BCUT2D eigenvalue weighted by Crippen LogP contribution is -2.16. The topological polar surface area (TPSA) is 32.3 Å². The van der Waals surface area contributed by atoms with E-state index in [4.69, 9.17) is 0 Å². The maximum absolute atomic E-state index is 9.46. The Labute approximate surface area is 103 Å². The van der Waals surface area contributed by atoms with Crippen LogP contribution in [0.2, 0.25) is 0 Å². The number of aliphatic hydroxyl groups is 1. The first-order valence-corrected chi connectivity index (χ1v) is 5.72. The number of likely N-dealkylation sites (N-methyl/N-ethyl adjacent to an activating group) is 1. The van der Waals surface area contributed by atoms with Gasteiger partial charge in [0.05, 0.1) is 6.10 Å². The molecule has 2 nitrogen and oxygen atoms in total. The Bertz CT molecular complexity index is 348. The maximum Gasteiger partial charge on any atom is 0.0914 e. The number of benzene rings is 2. The highest BCUT2D eigenvalue weighted by Crippen LogP contribution is 2.09. The summed E-state index contributed by atoms with van der Waals surface area (Å²) in [7, 11) is 1.83. The van der Waals surface area contributed by atoms with Crippen molar-refractivity contribution >= 4 is 0 Å². The Kier molecular flexibility index (Phi) is 6.72. The lowest BCUT2D eigenvalue weighted by molar-refractivity contribution is 0.178. The van der Waals surface area contributed by atoms with Crippen molar-refractivity contribution in [1.82, 2.24) is 5.32 Å². The van der Waals surface area contributed by atoms with Crippen LogP contribution in [0.15, 0.2) is 66.7 Å². The molecule has 0 aliphatic carbocycles. The Morgan fingerprint density at radius 2 is 1.29 bits per heavy atom. The van der Waals surface area contributed by atoms with Gasteiger partial charge in [0, 0.05) is 6.54 Å². The van der Waals surface area contributed by atoms with Crippen molar-refractivity contribution in [2.75, 3.05) is 13.6 Å². The molecule has 0 amide bonds. The average Bonchev–Trinajstić information content (AvgIpc) is 2.43. The highest BCUT2D eigenvalue weighted by Gasteiger charge is 2.03. The summed E-state index contributed by atoms with van der Waals surface area (Å²) < 4.78 is 0. The summed E-state index contributed by atoms with van der Waals surface area (Å²) in [6, 6.07) is 21.6. The first kappa shape index (κ1) is 13.4. The Morgan fingerprint density at radius 1 is 0.882 bits per heavy atom. The third kappa shape index (κ3) is 5.85. The molecule has 17 heavy (non-hydrogen) atoms. The fourth-order valence-corrected chi connectivity index (χ4v) is 1.37. The molecular formula is C15H19NO. The van der Waals surface area contributed by atoms with E-state index in [1.54, 1.807) is 0 Å². The number of nitrogens with one attached hydrogen (secondary N) is 1. The predicted molar refractivity (Wildman–Crippen MR) is 71.8 cm³/mol. The second-order valence-electron chi connectivity index (χ2n) is 3.64. The molecule has 0 bridgehead atoms. The van der Waals surface area contributed by atoms with Crippen LogP contribution < -0.4 is 5.32 Å². The smallest absolute Gasteiger partial charge is 0.0914 e. The molecule has 0 aliphatic heterocycles. The molecule has 0 heterocycles. The standard InChI is InChI=1S/C9H13NO.C6H6/c1-10-7-9(11)8-5-3-2-4-6-8;1-2-4-6-5-3-1/h2-6,9-11H,7H2,1H3;1-6H. The van der Waals surface area contributed by atoms with Crippen LogP contribution in [0.4, 0.5) is 0 Å². The van der Waals surface area contributed by atoms with Crippen LogP contribution in [-0.4, -0.2) is 18.7 Å². The van der Waals surface area contributed by atoms with Gasteiger partial charge in [0.15, 0.2) is 0 Å². The van der Waals surface area contributed by atoms with Crippen LogP contribution in [0.25, 0.3) is 0 Å². The van der Waals surface area contributed by atoms with E-state index < -0.39 is 0 Å². The summed E-state index contributed by atoms with van der Waals surface area (Å²) in [5, 5.41) is 12.4. The summed E-state index contributed by atoms with van der Waals surface area (Å²) in [5.74, 6) is 0. The second-order valence-corrected chi connectivity index (χ2v) is 3.64. The summed E-state index contributed by atoms with van der Waals surface area (Å²) in [5.41, 5.74) is 0.960. The molecule has 0 aromatic heterocycles. The summed E-state index contributed by atoms with van der Waals surface area (Å²) in [4.78, 5) is 0. The molecule has 1 unspecified atom stereocenters. The minimum absolute atomic E-state index is 0.388. The van der Waals surface area contributed by atoms with E-state index >= 15 is 0 Å².